The fourth-order valence-corrected chi connectivity index (χ4v) is 2.30. The lowest BCUT2D eigenvalue weighted by molar-refractivity contribution is 0.0951. The van der Waals surface area contributed by atoms with Crippen LogP contribution in [0.15, 0.2) is 30.5 Å². The van der Waals surface area contributed by atoms with Gasteiger partial charge in [0.25, 0.3) is 5.91 Å². The van der Waals surface area contributed by atoms with Crippen LogP contribution < -0.4 is 10.6 Å². The van der Waals surface area contributed by atoms with E-state index in [0.29, 0.717) is 17.4 Å². The van der Waals surface area contributed by atoms with Crippen molar-refractivity contribution < 1.29 is 4.79 Å². The van der Waals surface area contributed by atoms with Gasteiger partial charge in [-0.1, -0.05) is 0 Å². The van der Waals surface area contributed by atoms with Crippen LogP contribution >= 0.6 is 34.2 Å². The average Bonchev–Trinajstić information content (AvgIpc) is 3.27. The van der Waals surface area contributed by atoms with Crippen molar-refractivity contribution >= 4 is 51.6 Å². The minimum atomic E-state index is -0.0243. The minimum absolute atomic E-state index is 0.0243. The second kappa shape index (κ2) is 6.15. The number of aromatic nitrogens is 2. The van der Waals surface area contributed by atoms with Crippen molar-refractivity contribution in [1.29, 1.82) is 0 Å². The van der Waals surface area contributed by atoms with Gasteiger partial charge in [0.1, 0.15) is 5.82 Å². The van der Waals surface area contributed by atoms with Crippen LogP contribution in [0.25, 0.3) is 0 Å². The number of benzene rings is 1. The molecular weight excluding hydrogens is 403 g/mol. The Bertz CT molecular complexity index is 673. The second-order valence-electron chi connectivity index (χ2n) is 4.79. The molecule has 0 atom stereocenters. The van der Waals surface area contributed by atoms with E-state index < -0.39 is 0 Å². The Labute approximate surface area is 140 Å². The molecule has 5 nitrogen and oxygen atoms in total. The van der Waals surface area contributed by atoms with Crippen molar-refractivity contribution in [1.82, 2.24) is 15.3 Å². The zero-order valence-electron chi connectivity index (χ0n) is 10.9. The summed E-state index contributed by atoms with van der Waals surface area (Å²) in [4.78, 5) is 19.9. The van der Waals surface area contributed by atoms with E-state index in [1.807, 2.05) is 12.1 Å². The topological polar surface area (TPSA) is 66.9 Å². The fourth-order valence-electron chi connectivity index (χ4n) is 1.77. The first-order chi connectivity index (χ1) is 10.1. The van der Waals surface area contributed by atoms with Crippen LogP contribution in [0.5, 0.6) is 0 Å². The maximum Gasteiger partial charge on any atom is 0.251 e. The summed E-state index contributed by atoms with van der Waals surface area (Å²) in [5, 5.41) is 6.31. The Hall–Kier alpha value is -1.41. The molecule has 0 unspecified atom stereocenters. The number of nitrogens with one attached hydrogen (secondary N) is 2. The molecule has 2 N–H and O–H groups in total. The van der Waals surface area contributed by atoms with E-state index in [4.69, 9.17) is 11.6 Å². The molecule has 1 aromatic carbocycles. The number of hydrogen-bond acceptors (Lipinski definition) is 4. The van der Waals surface area contributed by atoms with Gasteiger partial charge in [-0.2, -0.15) is 4.98 Å². The highest BCUT2D eigenvalue weighted by molar-refractivity contribution is 14.1. The molecule has 2 aromatic rings. The maximum atomic E-state index is 11.9. The number of hydrogen-bond donors (Lipinski definition) is 2. The maximum absolute atomic E-state index is 11.9. The molecular formula is C14H12ClIN4O. The Balaban J connectivity index is 1.71. The van der Waals surface area contributed by atoms with Crippen molar-refractivity contribution in [2.75, 3.05) is 5.32 Å². The highest BCUT2D eigenvalue weighted by Gasteiger charge is 2.23. The third-order valence-corrected chi connectivity index (χ3v) is 4.01. The molecule has 0 radical (unpaired) electrons. The summed E-state index contributed by atoms with van der Waals surface area (Å²) in [6, 6.07) is 7.62. The predicted octanol–water partition coefficient (Wildman–Crippen LogP) is 3.37. The molecule has 1 heterocycles. The first-order valence-corrected chi connectivity index (χ1v) is 7.93. The zero-order chi connectivity index (χ0) is 14.8. The highest BCUT2D eigenvalue weighted by atomic mass is 127. The van der Waals surface area contributed by atoms with Crippen molar-refractivity contribution in [2.24, 2.45) is 0 Å². The Morgan fingerprint density at radius 1 is 1.29 bits per heavy atom. The summed E-state index contributed by atoms with van der Waals surface area (Å²) in [6.45, 7) is 0. The van der Waals surface area contributed by atoms with Gasteiger partial charge in [0.2, 0.25) is 5.28 Å². The standard InChI is InChI=1S/C14H12ClIN4O/c15-14-17-7-11(16)12(20-14)18-9-3-1-8(2-4-9)13(21)19-10-5-6-10/h1-4,7,10H,5-6H2,(H,19,21)(H,17,18,20). The van der Waals surface area contributed by atoms with Gasteiger partial charge < -0.3 is 10.6 Å². The number of amides is 1. The molecule has 108 valence electrons. The van der Waals surface area contributed by atoms with Crippen molar-refractivity contribution in [2.45, 2.75) is 18.9 Å². The summed E-state index contributed by atoms with van der Waals surface area (Å²) in [5.41, 5.74) is 1.49. The van der Waals surface area contributed by atoms with Gasteiger partial charge in [0, 0.05) is 23.5 Å². The molecule has 0 spiro atoms. The zero-order valence-corrected chi connectivity index (χ0v) is 13.9. The number of rotatable bonds is 4. The summed E-state index contributed by atoms with van der Waals surface area (Å²) in [5.74, 6) is 0.620. The molecule has 3 rings (SSSR count). The Kier molecular flexibility index (Phi) is 4.25. The molecule has 0 aliphatic heterocycles. The van der Waals surface area contributed by atoms with Crippen LogP contribution in [0.1, 0.15) is 23.2 Å². The van der Waals surface area contributed by atoms with Gasteiger partial charge in [-0.15, -0.1) is 0 Å². The monoisotopic (exact) mass is 414 g/mol. The minimum Gasteiger partial charge on any atom is -0.349 e. The first-order valence-electron chi connectivity index (χ1n) is 6.48. The Morgan fingerprint density at radius 2 is 2.00 bits per heavy atom. The molecule has 7 heteroatoms. The van der Waals surface area contributed by atoms with E-state index in [9.17, 15) is 4.79 Å². The largest absolute Gasteiger partial charge is 0.349 e. The first kappa shape index (κ1) is 14.5. The van der Waals surface area contributed by atoms with E-state index in [-0.39, 0.29) is 11.2 Å². The van der Waals surface area contributed by atoms with Crippen LogP contribution in [0.2, 0.25) is 5.28 Å². The van der Waals surface area contributed by atoms with Gasteiger partial charge in [0.05, 0.1) is 3.57 Å². The molecule has 1 amide bonds. The van der Waals surface area contributed by atoms with Crippen molar-refractivity contribution in [3.05, 3.63) is 44.9 Å². The quantitative estimate of drug-likeness (QED) is 0.595. The SMILES string of the molecule is O=C(NC1CC1)c1ccc(Nc2nc(Cl)ncc2I)cc1. The van der Waals surface area contributed by atoms with Gasteiger partial charge >= 0.3 is 0 Å². The summed E-state index contributed by atoms with van der Waals surface area (Å²) < 4.78 is 0.868. The number of carbonyl (C=O) groups is 1. The summed E-state index contributed by atoms with van der Waals surface area (Å²) >= 11 is 7.92. The molecule has 1 aliphatic rings. The lowest BCUT2D eigenvalue weighted by atomic mass is 10.2. The van der Waals surface area contributed by atoms with Gasteiger partial charge in [0.15, 0.2) is 0 Å². The molecule has 1 aromatic heterocycles. The fraction of sp³-hybridized carbons (Fsp3) is 0.214. The predicted molar refractivity (Wildman–Crippen MR) is 90.0 cm³/mol. The van der Waals surface area contributed by atoms with Crippen LogP contribution in [-0.2, 0) is 0 Å². The smallest absolute Gasteiger partial charge is 0.251 e. The van der Waals surface area contributed by atoms with Crippen molar-refractivity contribution in [3.8, 4) is 0 Å². The molecule has 0 saturated heterocycles. The van der Waals surface area contributed by atoms with Gasteiger partial charge in [-0.05, 0) is 71.3 Å². The van der Waals surface area contributed by atoms with Crippen LogP contribution in [-0.4, -0.2) is 21.9 Å². The lowest BCUT2D eigenvalue weighted by Gasteiger charge is -2.08. The average molecular weight is 415 g/mol. The highest BCUT2D eigenvalue weighted by Crippen LogP contribution is 2.22. The van der Waals surface area contributed by atoms with Crippen LogP contribution in [0.4, 0.5) is 11.5 Å². The van der Waals surface area contributed by atoms with E-state index in [1.54, 1.807) is 18.3 Å². The number of nitrogens with zero attached hydrogens (tertiary/aromatic N) is 2. The van der Waals surface area contributed by atoms with E-state index in [0.717, 1.165) is 22.1 Å². The van der Waals surface area contributed by atoms with Crippen molar-refractivity contribution in [3.63, 3.8) is 0 Å². The van der Waals surface area contributed by atoms with E-state index >= 15 is 0 Å². The van der Waals surface area contributed by atoms with Gasteiger partial charge in [-0.3, -0.25) is 4.79 Å². The second-order valence-corrected chi connectivity index (χ2v) is 6.29. The Morgan fingerprint density at radius 3 is 2.67 bits per heavy atom. The van der Waals surface area contributed by atoms with Gasteiger partial charge in [-0.25, -0.2) is 4.98 Å². The number of halogens is 2. The molecule has 0 bridgehead atoms. The molecule has 21 heavy (non-hydrogen) atoms. The molecule has 1 aliphatic carbocycles. The lowest BCUT2D eigenvalue weighted by Crippen LogP contribution is -2.25. The number of anilines is 2. The van der Waals surface area contributed by atoms with Crippen LogP contribution in [0, 0.1) is 3.57 Å². The number of carbonyl (C=O) groups excluding carboxylic acids is 1. The van der Waals surface area contributed by atoms with E-state index in [2.05, 4.69) is 43.2 Å². The normalized spacial score (nSPS) is 13.8. The summed E-state index contributed by atoms with van der Waals surface area (Å²) in [6.07, 6.45) is 3.81. The summed E-state index contributed by atoms with van der Waals surface area (Å²) in [7, 11) is 0. The third-order valence-electron chi connectivity index (χ3n) is 3.04. The molecule has 1 fully saturated rings. The third kappa shape index (κ3) is 3.82. The molecule has 1 saturated carbocycles. The van der Waals surface area contributed by atoms with E-state index in [1.165, 1.54) is 0 Å². The van der Waals surface area contributed by atoms with Crippen LogP contribution in [0.3, 0.4) is 0 Å².